The van der Waals surface area contributed by atoms with Crippen LogP contribution in [0.2, 0.25) is 0 Å². The molecule has 0 fully saturated rings. The van der Waals surface area contributed by atoms with Crippen molar-refractivity contribution in [2.75, 3.05) is 20.2 Å². The lowest BCUT2D eigenvalue weighted by molar-refractivity contribution is 0.108. The van der Waals surface area contributed by atoms with Crippen molar-refractivity contribution in [3.05, 3.63) is 59.7 Å². The second-order valence-electron chi connectivity index (χ2n) is 6.03. The van der Waals surface area contributed by atoms with E-state index in [2.05, 4.69) is 30.2 Å². The van der Waals surface area contributed by atoms with E-state index in [0.29, 0.717) is 19.6 Å². The third-order valence-corrected chi connectivity index (χ3v) is 4.46. The standard InChI is InChI=1S/C21H21NO2/c1-3-4-9-14-22(2)21(23)24-15-20-18-12-7-5-10-16(18)17-11-6-8-13-19(17)20/h1,5-8,10-13,20H,4,9,14-15H2,2H3. The molecule has 24 heavy (non-hydrogen) atoms. The number of benzene rings is 2. The Balaban J connectivity index is 1.70. The van der Waals surface area contributed by atoms with Crippen molar-refractivity contribution in [2.24, 2.45) is 0 Å². The van der Waals surface area contributed by atoms with Gasteiger partial charge in [-0.1, -0.05) is 48.5 Å². The highest BCUT2D eigenvalue weighted by molar-refractivity contribution is 5.79. The van der Waals surface area contributed by atoms with Crippen LogP contribution in [-0.4, -0.2) is 31.2 Å². The summed E-state index contributed by atoms with van der Waals surface area (Å²) in [4.78, 5) is 13.8. The zero-order chi connectivity index (χ0) is 16.9. The molecule has 0 atom stereocenters. The van der Waals surface area contributed by atoms with Gasteiger partial charge in [0.05, 0.1) is 0 Å². The van der Waals surface area contributed by atoms with Crippen molar-refractivity contribution in [1.82, 2.24) is 4.90 Å². The summed E-state index contributed by atoms with van der Waals surface area (Å²) < 4.78 is 5.57. The lowest BCUT2D eigenvalue weighted by atomic mass is 9.98. The predicted octanol–water partition coefficient (Wildman–Crippen LogP) is 4.28. The maximum absolute atomic E-state index is 12.2. The first-order valence-corrected chi connectivity index (χ1v) is 8.22. The molecule has 0 unspecified atom stereocenters. The van der Waals surface area contributed by atoms with Gasteiger partial charge in [0.2, 0.25) is 0 Å². The van der Waals surface area contributed by atoms with Crippen LogP contribution in [0.3, 0.4) is 0 Å². The Kier molecular flexibility index (Phi) is 4.86. The van der Waals surface area contributed by atoms with Crippen molar-refractivity contribution in [3.8, 4) is 23.5 Å². The van der Waals surface area contributed by atoms with Crippen LogP contribution >= 0.6 is 0 Å². The van der Waals surface area contributed by atoms with E-state index in [1.165, 1.54) is 22.3 Å². The molecule has 0 heterocycles. The van der Waals surface area contributed by atoms with Gasteiger partial charge < -0.3 is 9.64 Å². The fourth-order valence-corrected chi connectivity index (χ4v) is 3.21. The number of carbonyl (C=O) groups excluding carboxylic acids is 1. The van der Waals surface area contributed by atoms with Gasteiger partial charge in [-0.3, -0.25) is 0 Å². The van der Waals surface area contributed by atoms with Gasteiger partial charge in [0.25, 0.3) is 0 Å². The molecule has 0 radical (unpaired) electrons. The Bertz CT molecular complexity index is 730. The van der Waals surface area contributed by atoms with E-state index < -0.39 is 0 Å². The van der Waals surface area contributed by atoms with Crippen molar-refractivity contribution in [1.29, 1.82) is 0 Å². The summed E-state index contributed by atoms with van der Waals surface area (Å²) in [6.45, 7) is 0.965. The molecule has 1 aliphatic carbocycles. The first-order valence-electron chi connectivity index (χ1n) is 8.22. The molecule has 2 aromatic rings. The Morgan fingerprint density at radius 2 is 1.71 bits per heavy atom. The van der Waals surface area contributed by atoms with E-state index in [9.17, 15) is 4.79 Å². The molecule has 122 valence electrons. The minimum Gasteiger partial charge on any atom is -0.448 e. The zero-order valence-corrected chi connectivity index (χ0v) is 13.9. The molecule has 3 rings (SSSR count). The van der Waals surface area contributed by atoms with Gasteiger partial charge in [-0.05, 0) is 28.7 Å². The topological polar surface area (TPSA) is 29.5 Å². The van der Waals surface area contributed by atoms with Gasteiger partial charge in [-0.2, -0.15) is 0 Å². The van der Waals surface area contributed by atoms with Gasteiger partial charge in [0, 0.05) is 25.9 Å². The first-order chi connectivity index (χ1) is 11.7. The van der Waals surface area contributed by atoms with Crippen LogP contribution in [0, 0.1) is 12.3 Å². The molecule has 0 spiro atoms. The fraction of sp³-hybridized carbons (Fsp3) is 0.286. The number of amides is 1. The lowest BCUT2D eigenvalue weighted by Gasteiger charge is -2.19. The summed E-state index contributed by atoms with van der Waals surface area (Å²) in [5.41, 5.74) is 4.91. The first kappa shape index (κ1) is 16.1. The average molecular weight is 319 g/mol. The number of hydrogen-bond donors (Lipinski definition) is 0. The Morgan fingerprint density at radius 3 is 2.29 bits per heavy atom. The highest BCUT2D eigenvalue weighted by Gasteiger charge is 2.29. The second-order valence-corrected chi connectivity index (χ2v) is 6.03. The molecular formula is C21H21NO2. The van der Waals surface area contributed by atoms with E-state index >= 15 is 0 Å². The maximum Gasteiger partial charge on any atom is 0.409 e. The van der Waals surface area contributed by atoms with Gasteiger partial charge in [0.15, 0.2) is 0 Å². The fourth-order valence-electron chi connectivity index (χ4n) is 3.21. The summed E-state index contributed by atoms with van der Waals surface area (Å²) in [6, 6.07) is 16.6. The Hall–Kier alpha value is -2.73. The van der Waals surface area contributed by atoms with Crippen molar-refractivity contribution >= 4 is 6.09 Å². The second kappa shape index (κ2) is 7.23. The lowest BCUT2D eigenvalue weighted by Crippen LogP contribution is -2.29. The van der Waals surface area contributed by atoms with Crippen LogP contribution in [0.15, 0.2) is 48.5 Å². The number of unbranched alkanes of at least 4 members (excludes halogenated alkanes) is 1. The van der Waals surface area contributed by atoms with Crippen molar-refractivity contribution in [2.45, 2.75) is 18.8 Å². The maximum atomic E-state index is 12.2. The summed E-state index contributed by atoms with van der Waals surface area (Å²) in [5, 5.41) is 0. The third-order valence-electron chi connectivity index (χ3n) is 4.46. The molecule has 1 aliphatic rings. The minimum absolute atomic E-state index is 0.0976. The molecule has 0 saturated heterocycles. The molecule has 3 heteroatoms. The van der Waals surface area contributed by atoms with E-state index in [1.807, 2.05) is 24.3 Å². The molecule has 2 aromatic carbocycles. The van der Waals surface area contributed by atoms with Crippen molar-refractivity contribution in [3.63, 3.8) is 0 Å². The summed E-state index contributed by atoms with van der Waals surface area (Å²) >= 11 is 0. The van der Waals surface area contributed by atoms with Crippen LogP contribution in [0.1, 0.15) is 29.9 Å². The van der Waals surface area contributed by atoms with Crippen LogP contribution in [0.5, 0.6) is 0 Å². The van der Waals surface area contributed by atoms with Gasteiger partial charge >= 0.3 is 6.09 Å². The highest BCUT2D eigenvalue weighted by Crippen LogP contribution is 2.44. The number of carbonyl (C=O) groups is 1. The van der Waals surface area contributed by atoms with Crippen LogP contribution in [-0.2, 0) is 4.74 Å². The Morgan fingerprint density at radius 1 is 1.12 bits per heavy atom. The molecule has 3 nitrogen and oxygen atoms in total. The van der Waals surface area contributed by atoms with E-state index in [-0.39, 0.29) is 12.0 Å². The van der Waals surface area contributed by atoms with Gasteiger partial charge in [0.1, 0.15) is 6.61 Å². The van der Waals surface area contributed by atoms with E-state index in [1.54, 1.807) is 11.9 Å². The molecule has 0 N–H and O–H groups in total. The van der Waals surface area contributed by atoms with E-state index in [4.69, 9.17) is 11.2 Å². The van der Waals surface area contributed by atoms with E-state index in [0.717, 1.165) is 6.42 Å². The van der Waals surface area contributed by atoms with Gasteiger partial charge in [-0.25, -0.2) is 4.79 Å². The highest BCUT2D eigenvalue weighted by atomic mass is 16.6. The number of rotatable bonds is 5. The number of terminal acetylenes is 1. The zero-order valence-electron chi connectivity index (χ0n) is 13.9. The third kappa shape index (κ3) is 3.14. The smallest absolute Gasteiger partial charge is 0.409 e. The van der Waals surface area contributed by atoms with Crippen LogP contribution < -0.4 is 0 Å². The molecule has 0 aliphatic heterocycles. The van der Waals surface area contributed by atoms with Crippen LogP contribution in [0.4, 0.5) is 4.79 Å². The molecule has 0 aromatic heterocycles. The number of fused-ring (bicyclic) bond motifs is 3. The minimum atomic E-state index is -0.297. The summed E-state index contributed by atoms with van der Waals surface area (Å²) in [6.07, 6.45) is 6.40. The van der Waals surface area contributed by atoms with Crippen molar-refractivity contribution < 1.29 is 9.53 Å². The molecule has 1 amide bonds. The monoisotopic (exact) mass is 319 g/mol. The summed E-state index contributed by atoms with van der Waals surface area (Å²) in [7, 11) is 1.75. The number of nitrogens with zero attached hydrogens (tertiary/aromatic N) is 1. The van der Waals surface area contributed by atoms with Gasteiger partial charge in [-0.15, -0.1) is 12.3 Å². The SMILES string of the molecule is C#CCCCN(C)C(=O)OCC1c2ccccc2-c2ccccc21. The predicted molar refractivity (Wildman–Crippen MR) is 95.8 cm³/mol. The average Bonchev–Trinajstić information content (AvgIpc) is 2.94. The Labute approximate surface area is 143 Å². The van der Waals surface area contributed by atoms with Crippen LogP contribution in [0.25, 0.3) is 11.1 Å². The molecular weight excluding hydrogens is 298 g/mol. The molecule has 0 bridgehead atoms. The number of ether oxygens (including phenoxy) is 1. The quantitative estimate of drug-likeness (QED) is 0.608. The number of hydrogen-bond acceptors (Lipinski definition) is 2. The largest absolute Gasteiger partial charge is 0.448 e. The summed E-state index contributed by atoms with van der Waals surface area (Å²) in [5.74, 6) is 2.68. The molecule has 0 saturated carbocycles. The normalized spacial score (nSPS) is 12.2.